The van der Waals surface area contributed by atoms with E-state index in [1.54, 1.807) is 18.0 Å². The minimum Gasteiger partial charge on any atom is -0.248 e. The van der Waals surface area contributed by atoms with Gasteiger partial charge in [-0.3, -0.25) is 0 Å². The van der Waals surface area contributed by atoms with Crippen LogP contribution in [-0.4, -0.2) is 12.5 Å². The summed E-state index contributed by atoms with van der Waals surface area (Å²) in [5.41, 5.74) is 1.35. The quantitative estimate of drug-likeness (QED) is 0.632. The summed E-state index contributed by atoms with van der Waals surface area (Å²) in [6.45, 7) is 2.12. The molecule has 0 aromatic rings. The van der Waals surface area contributed by atoms with Gasteiger partial charge in [0.05, 0.1) is 10.1 Å². The Bertz CT molecular complexity index is 253. The molecular formula is C9H12ClNS. The number of rotatable bonds is 1. The maximum Gasteiger partial charge on any atom is 0.0946 e. The molecule has 0 saturated heterocycles. The topological polar surface area (TPSA) is 12.4 Å². The Balaban J connectivity index is 2.87. The van der Waals surface area contributed by atoms with E-state index < -0.39 is 0 Å². The lowest BCUT2D eigenvalue weighted by molar-refractivity contribution is 0.964. The lowest BCUT2D eigenvalue weighted by atomic mass is 10.1. The lowest BCUT2D eigenvalue weighted by Gasteiger charge is -2.06. The molecule has 0 N–H and O–H groups in total. The zero-order chi connectivity index (χ0) is 8.97. The second-order valence-corrected chi connectivity index (χ2v) is 3.91. The summed E-state index contributed by atoms with van der Waals surface area (Å²) in [6, 6.07) is 0. The van der Waals surface area contributed by atoms with Crippen LogP contribution in [0.5, 0.6) is 0 Å². The van der Waals surface area contributed by atoms with Gasteiger partial charge in [-0.15, -0.1) is 11.8 Å². The van der Waals surface area contributed by atoms with Gasteiger partial charge in [-0.25, -0.2) is 4.99 Å². The summed E-state index contributed by atoms with van der Waals surface area (Å²) in [5.74, 6) is 0. The fourth-order valence-corrected chi connectivity index (χ4v) is 1.81. The van der Waals surface area contributed by atoms with Crippen molar-refractivity contribution in [2.75, 3.05) is 6.26 Å². The summed E-state index contributed by atoms with van der Waals surface area (Å²) < 4.78 is 0. The minimum atomic E-state index is 0.744. The van der Waals surface area contributed by atoms with Crippen molar-refractivity contribution in [1.29, 1.82) is 0 Å². The van der Waals surface area contributed by atoms with E-state index in [0.29, 0.717) is 0 Å². The van der Waals surface area contributed by atoms with Crippen molar-refractivity contribution < 1.29 is 0 Å². The molecule has 0 aromatic carbocycles. The molecule has 0 amide bonds. The molecule has 1 rings (SSSR count). The Labute approximate surface area is 82.6 Å². The molecule has 1 heterocycles. The fraction of sp³-hybridized carbons (Fsp3) is 0.444. The predicted molar refractivity (Wildman–Crippen MR) is 57.9 cm³/mol. The molecule has 0 saturated carbocycles. The first-order valence-corrected chi connectivity index (χ1v) is 5.48. The first kappa shape index (κ1) is 9.87. The van der Waals surface area contributed by atoms with Gasteiger partial charge in [0.25, 0.3) is 0 Å². The van der Waals surface area contributed by atoms with Gasteiger partial charge in [0, 0.05) is 6.21 Å². The highest BCUT2D eigenvalue weighted by Crippen LogP contribution is 2.23. The Hall–Kier alpha value is -0.210. The van der Waals surface area contributed by atoms with Crippen LogP contribution in [-0.2, 0) is 0 Å². The molecule has 0 atom stereocenters. The van der Waals surface area contributed by atoms with E-state index in [2.05, 4.69) is 11.9 Å². The summed E-state index contributed by atoms with van der Waals surface area (Å²) in [5, 5.41) is 1.84. The number of halogens is 1. The number of aliphatic imine (C=N–C) groups is 1. The number of thioether (sulfide) groups is 1. The maximum absolute atomic E-state index is 5.84. The van der Waals surface area contributed by atoms with Crippen molar-refractivity contribution in [3.05, 3.63) is 21.7 Å². The second kappa shape index (κ2) is 4.73. The van der Waals surface area contributed by atoms with E-state index in [1.165, 1.54) is 5.57 Å². The molecule has 0 aliphatic carbocycles. The first-order chi connectivity index (χ1) is 5.74. The van der Waals surface area contributed by atoms with Gasteiger partial charge < -0.3 is 0 Å². The van der Waals surface area contributed by atoms with Crippen molar-refractivity contribution in [2.24, 2.45) is 4.99 Å². The maximum atomic E-state index is 5.84. The molecule has 1 aliphatic rings. The predicted octanol–water partition coefficient (Wildman–Crippen LogP) is 3.57. The van der Waals surface area contributed by atoms with Gasteiger partial charge in [-0.05, 0) is 31.6 Å². The van der Waals surface area contributed by atoms with Crippen molar-refractivity contribution in [2.45, 2.75) is 19.8 Å². The monoisotopic (exact) mass is 201 g/mol. The Morgan fingerprint density at radius 3 is 3.00 bits per heavy atom. The van der Waals surface area contributed by atoms with Gasteiger partial charge in [-0.1, -0.05) is 17.7 Å². The number of hydrogen-bond acceptors (Lipinski definition) is 2. The Morgan fingerprint density at radius 2 is 2.33 bits per heavy atom. The van der Waals surface area contributed by atoms with E-state index in [4.69, 9.17) is 11.6 Å². The highest BCUT2D eigenvalue weighted by molar-refractivity contribution is 8.02. The molecule has 0 aromatic heterocycles. The SMILES string of the molecule is CSC1=C(/C)CC/C=C(Cl)/C=N\1. The Morgan fingerprint density at radius 1 is 1.58 bits per heavy atom. The van der Waals surface area contributed by atoms with Gasteiger partial charge in [0.15, 0.2) is 0 Å². The summed E-state index contributed by atoms with van der Waals surface area (Å²) in [6.07, 6.45) is 7.83. The molecule has 1 nitrogen and oxygen atoms in total. The van der Waals surface area contributed by atoms with Crippen LogP contribution in [0.4, 0.5) is 0 Å². The summed E-state index contributed by atoms with van der Waals surface area (Å²) >= 11 is 7.52. The van der Waals surface area contributed by atoms with E-state index in [0.717, 1.165) is 22.9 Å². The van der Waals surface area contributed by atoms with Crippen molar-refractivity contribution in [3.8, 4) is 0 Å². The molecule has 12 heavy (non-hydrogen) atoms. The zero-order valence-electron chi connectivity index (χ0n) is 7.30. The highest BCUT2D eigenvalue weighted by atomic mass is 35.5. The highest BCUT2D eigenvalue weighted by Gasteiger charge is 2.01. The summed E-state index contributed by atoms with van der Waals surface area (Å²) in [4.78, 5) is 4.28. The number of allylic oxidation sites excluding steroid dienone is 3. The normalized spacial score (nSPS) is 31.8. The fourth-order valence-electron chi connectivity index (χ4n) is 1.04. The van der Waals surface area contributed by atoms with E-state index in [9.17, 15) is 0 Å². The Kier molecular flexibility index (Phi) is 3.89. The molecule has 0 spiro atoms. The van der Waals surface area contributed by atoms with E-state index >= 15 is 0 Å². The van der Waals surface area contributed by atoms with Crippen LogP contribution in [0, 0.1) is 0 Å². The van der Waals surface area contributed by atoms with Gasteiger partial charge in [0.2, 0.25) is 0 Å². The van der Waals surface area contributed by atoms with Crippen LogP contribution >= 0.6 is 23.4 Å². The smallest absolute Gasteiger partial charge is 0.0946 e. The third-order valence-electron chi connectivity index (χ3n) is 1.72. The van der Waals surface area contributed by atoms with Crippen LogP contribution in [0.1, 0.15) is 19.8 Å². The summed E-state index contributed by atoms with van der Waals surface area (Å²) in [7, 11) is 0. The molecular weight excluding hydrogens is 190 g/mol. The average Bonchev–Trinajstić information content (AvgIpc) is 2.03. The third-order valence-corrected chi connectivity index (χ3v) is 2.81. The minimum absolute atomic E-state index is 0.744. The molecule has 0 radical (unpaired) electrons. The van der Waals surface area contributed by atoms with Crippen LogP contribution in [0.3, 0.4) is 0 Å². The van der Waals surface area contributed by atoms with Gasteiger partial charge >= 0.3 is 0 Å². The molecule has 3 heteroatoms. The van der Waals surface area contributed by atoms with Crippen LogP contribution in [0.25, 0.3) is 0 Å². The lowest BCUT2D eigenvalue weighted by Crippen LogP contribution is -1.87. The molecule has 1 aliphatic heterocycles. The first-order valence-electron chi connectivity index (χ1n) is 3.87. The van der Waals surface area contributed by atoms with Crippen LogP contribution < -0.4 is 0 Å². The van der Waals surface area contributed by atoms with Crippen molar-refractivity contribution >= 4 is 29.6 Å². The number of hydrogen-bond donors (Lipinski definition) is 0. The van der Waals surface area contributed by atoms with Gasteiger partial charge in [-0.2, -0.15) is 0 Å². The largest absolute Gasteiger partial charge is 0.248 e. The number of nitrogens with zero attached hydrogens (tertiary/aromatic N) is 1. The van der Waals surface area contributed by atoms with Crippen molar-refractivity contribution in [1.82, 2.24) is 0 Å². The molecule has 0 bridgehead atoms. The molecule has 0 fully saturated rings. The molecule has 66 valence electrons. The molecule has 0 unspecified atom stereocenters. The van der Waals surface area contributed by atoms with Crippen LogP contribution in [0.15, 0.2) is 26.7 Å². The van der Waals surface area contributed by atoms with Crippen molar-refractivity contribution in [3.63, 3.8) is 0 Å². The zero-order valence-corrected chi connectivity index (χ0v) is 8.87. The van der Waals surface area contributed by atoms with Gasteiger partial charge in [0.1, 0.15) is 0 Å². The second-order valence-electron chi connectivity index (χ2n) is 2.68. The standard InChI is InChI=1S/C9H12ClNS/c1-7-4-3-5-8(10)6-11-9(7)12-2/h5-6H,3-4H2,1-2H3/b8-5-,9-7-,11-6-. The average molecular weight is 202 g/mol. The third kappa shape index (κ3) is 2.68. The van der Waals surface area contributed by atoms with Crippen LogP contribution in [0.2, 0.25) is 0 Å². The van der Waals surface area contributed by atoms with E-state index in [-0.39, 0.29) is 0 Å². The van der Waals surface area contributed by atoms with E-state index in [1.807, 2.05) is 12.3 Å².